The molecule has 0 aromatic rings. The fourth-order valence-electron chi connectivity index (χ4n) is 3.83. The molecule has 0 aromatic carbocycles. The second kappa shape index (κ2) is 5.48. The zero-order valence-electron chi connectivity index (χ0n) is 11.6. The van der Waals surface area contributed by atoms with Gasteiger partial charge in [-0.05, 0) is 45.4 Å². The number of nitrogens with one attached hydrogen (secondary N) is 1. The van der Waals surface area contributed by atoms with Crippen molar-refractivity contribution in [2.75, 3.05) is 13.2 Å². The van der Waals surface area contributed by atoms with E-state index in [0.717, 1.165) is 13.2 Å². The van der Waals surface area contributed by atoms with Crippen molar-refractivity contribution in [3.8, 4) is 0 Å². The maximum absolute atomic E-state index is 6.31. The molecule has 1 unspecified atom stereocenters. The van der Waals surface area contributed by atoms with Gasteiger partial charge in [0.05, 0.1) is 17.8 Å². The molecule has 1 aliphatic heterocycles. The molecule has 104 valence electrons. The Labute approximate surface area is 111 Å². The van der Waals surface area contributed by atoms with E-state index < -0.39 is 0 Å². The summed E-state index contributed by atoms with van der Waals surface area (Å²) in [7, 11) is 0. The van der Waals surface area contributed by atoms with E-state index >= 15 is 0 Å². The van der Waals surface area contributed by atoms with Crippen LogP contribution in [0, 0.1) is 0 Å². The first-order valence-corrected chi connectivity index (χ1v) is 7.82. The summed E-state index contributed by atoms with van der Waals surface area (Å²) in [5.74, 6) is 0. The third-order valence-corrected chi connectivity index (χ3v) is 4.98. The minimum atomic E-state index is 0.291. The molecule has 0 amide bonds. The van der Waals surface area contributed by atoms with Gasteiger partial charge in [0.25, 0.3) is 0 Å². The number of ether oxygens (including phenoxy) is 2. The molecule has 2 saturated carbocycles. The molecular weight excluding hydrogens is 226 g/mol. The lowest BCUT2D eigenvalue weighted by Gasteiger charge is -2.36. The lowest BCUT2D eigenvalue weighted by molar-refractivity contribution is -0.0436. The molecule has 1 spiro atoms. The first kappa shape index (κ1) is 12.9. The predicted molar refractivity (Wildman–Crippen MR) is 71.7 cm³/mol. The smallest absolute Gasteiger partial charge is 0.0708 e. The van der Waals surface area contributed by atoms with Crippen LogP contribution in [0.5, 0.6) is 0 Å². The molecule has 1 N–H and O–H groups in total. The van der Waals surface area contributed by atoms with E-state index in [2.05, 4.69) is 12.2 Å². The van der Waals surface area contributed by atoms with Crippen molar-refractivity contribution < 1.29 is 9.47 Å². The van der Waals surface area contributed by atoms with Gasteiger partial charge in [0.15, 0.2) is 0 Å². The first-order valence-electron chi connectivity index (χ1n) is 7.82. The van der Waals surface area contributed by atoms with Crippen LogP contribution in [0.25, 0.3) is 0 Å². The van der Waals surface area contributed by atoms with E-state index in [-0.39, 0.29) is 0 Å². The van der Waals surface area contributed by atoms with Crippen LogP contribution in [0.15, 0.2) is 0 Å². The fraction of sp³-hybridized carbons (Fsp3) is 1.00. The molecule has 0 bridgehead atoms. The van der Waals surface area contributed by atoms with Crippen molar-refractivity contribution in [3.63, 3.8) is 0 Å². The van der Waals surface area contributed by atoms with Gasteiger partial charge in [0.2, 0.25) is 0 Å². The number of rotatable bonds is 5. The van der Waals surface area contributed by atoms with Crippen LogP contribution < -0.4 is 5.32 Å². The normalized spacial score (nSPS) is 38.2. The van der Waals surface area contributed by atoms with Crippen molar-refractivity contribution >= 4 is 0 Å². The molecule has 1 atom stereocenters. The zero-order valence-corrected chi connectivity index (χ0v) is 11.6. The van der Waals surface area contributed by atoms with Crippen LogP contribution >= 0.6 is 0 Å². The van der Waals surface area contributed by atoms with Crippen molar-refractivity contribution in [2.24, 2.45) is 0 Å². The summed E-state index contributed by atoms with van der Waals surface area (Å²) in [6.07, 6.45) is 11.3. The van der Waals surface area contributed by atoms with Crippen LogP contribution in [0.2, 0.25) is 0 Å². The van der Waals surface area contributed by atoms with Crippen molar-refractivity contribution in [3.05, 3.63) is 0 Å². The van der Waals surface area contributed by atoms with E-state index in [1.54, 1.807) is 0 Å². The topological polar surface area (TPSA) is 30.5 Å². The van der Waals surface area contributed by atoms with Crippen molar-refractivity contribution in [1.29, 1.82) is 0 Å². The Kier molecular flexibility index (Phi) is 3.92. The molecule has 3 nitrogen and oxygen atoms in total. The van der Waals surface area contributed by atoms with E-state index in [1.807, 2.05) is 0 Å². The summed E-state index contributed by atoms with van der Waals surface area (Å²) < 4.78 is 11.9. The molecule has 2 aliphatic carbocycles. The largest absolute Gasteiger partial charge is 0.378 e. The molecular formula is C15H27NO2. The lowest BCUT2D eigenvalue weighted by atomic mass is 9.89. The highest BCUT2D eigenvalue weighted by molar-refractivity contribution is 4.94. The zero-order chi connectivity index (χ0) is 12.4. The Morgan fingerprint density at radius 3 is 2.72 bits per heavy atom. The molecule has 0 radical (unpaired) electrons. The Balaban J connectivity index is 1.33. The van der Waals surface area contributed by atoms with E-state index in [4.69, 9.17) is 9.47 Å². The quantitative estimate of drug-likeness (QED) is 0.817. The van der Waals surface area contributed by atoms with Gasteiger partial charge in [-0.3, -0.25) is 0 Å². The van der Waals surface area contributed by atoms with Crippen molar-refractivity contribution in [2.45, 2.75) is 82.1 Å². The highest BCUT2D eigenvalue weighted by Crippen LogP contribution is 2.43. The van der Waals surface area contributed by atoms with Gasteiger partial charge in [0, 0.05) is 19.2 Å². The van der Waals surface area contributed by atoms with Crippen LogP contribution in [-0.2, 0) is 9.47 Å². The Hall–Kier alpha value is -0.120. The Bertz CT molecular complexity index is 270. The average molecular weight is 253 g/mol. The number of hydrogen-bond acceptors (Lipinski definition) is 3. The Morgan fingerprint density at radius 1 is 1.22 bits per heavy atom. The number of hydrogen-bond donors (Lipinski definition) is 1. The molecule has 0 aromatic heterocycles. The molecule has 1 heterocycles. The molecule has 3 rings (SSSR count). The second-order valence-electron chi connectivity index (χ2n) is 6.32. The van der Waals surface area contributed by atoms with Crippen LogP contribution in [0.3, 0.4) is 0 Å². The van der Waals surface area contributed by atoms with Gasteiger partial charge in [-0.15, -0.1) is 0 Å². The predicted octanol–water partition coefficient (Wildman–Crippen LogP) is 2.64. The van der Waals surface area contributed by atoms with Crippen molar-refractivity contribution in [1.82, 2.24) is 5.32 Å². The summed E-state index contributed by atoms with van der Waals surface area (Å²) >= 11 is 0. The summed E-state index contributed by atoms with van der Waals surface area (Å²) in [4.78, 5) is 0. The Morgan fingerprint density at radius 2 is 2.00 bits per heavy atom. The van der Waals surface area contributed by atoms with E-state index in [1.165, 1.54) is 51.4 Å². The maximum atomic E-state index is 6.31. The molecule has 3 fully saturated rings. The van der Waals surface area contributed by atoms with E-state index in [0.29, 0.717) is 23.9 Å². The van der Waals surface area contributed by atoms with Crippen LogP contribution in [0.4, 0.5) is 0 Å². The fourth-order valence-corrected chi connectivity index (χ4v) is 3.83. The summed E-state index contributed by atoms with van der Waals surface area (Å²) in [5, 5.41) is 3.65. The third-order valence-electron chi connectivity index (χ3n) is 4.98. The van der Waals surface area contributed by atoms with Gasteiger partial charge < -0.3 is 14.8 Å². The lowest BCUT2D eigenvalue weighted by Crippen LogP contribution is -2.47. The first-order chi connectivity index (χ1) is 8.80. The van der Waals surface area contributed by atoms with Gasteiger partial charge in [0.1, 0.15) is 0 Å². The monoisotopic (exact) mass is 253 g/mol. The molecule has 1 saturated heterocycles. The average Bonchev–Trinajstić information content (AvgIpc) is 2.93. The minimum absolute atomic E-state index is 0.291. The third kappa shape index (κ3) is 2.73. The summed E-state index contributed by atoms with van der Waals surface area (Å²) in [6.45, 7) is 3.98. The molecule has 3 heteroatoms. The SMILES string of the molecule is CCOC1CC(NCC2CCC3(CCCC3)O2)C1. The van der Waals surface area contributed by atoms with Gasteiger partial charge >= 0.3 is 0 Å². The summed E-state index contributed by atoms with van der Waals surface area (Å²) in [5.41, 5.74) is 0.291. The standard InChI is InChI=1S/C15H27NO2/c1-2-17-14-9-12(10-14)16-11-13-5-8-15(18-13)6-3-4-7-15/h12-14,16H,2-11H2,1H3. The summed E-state index contributed by atoms with van der Waals surface area (Å²) in [6, 6.07) is 0.672. The van der Waals surface area contributed by atoms with Crippen LogP contribution in [0.1, 0.15) is 58.3 Å². The van der Waals surface area contributed by atoms with Gasteiger partial charge in [-0.1, -0.05) is 12.8 Å². The molecule has 3 aliphatic rings. The van der Waals surface area contributed by atoms with Gasteiger partial charge in [-0.2, -0.15) is 0 Å². The van der Waals surface area contributed by atoms with E-state index in [9.17, 15) is 0 Å². The van der Waals surface area contributed by atoms with Crippen LogP contribution in [-0.4, -0.2) is 37.0 Å². The maximum Gasteiger partial charge on any atom is 0.0708 e. The minimum Gasteiger partial charge on any atom is -0.378 e. The highest BCUT2D eigenvalue weighted by atomic mass is 16.5. The molecule has 18 heavy (non-hydrogen) atoms. The second-order valence-corrected chi connectivity index (χ2v) is 6.32. The highest BCUT2D eigenvalue weighted by Gasteiger charge is 2.42. The van der Waals surface area contributed by atoms with Gasteiger partial charge in [-0.25, -0.2) is 0 Å².